The molecule has 5 heteroatoms. The minimum Gasteiger partial charge on any atom is -0.310 e. The molecule has 0 bridgehead atoms. The zero-order valence-electron chi connectivity index (χ0n) is 70.8. The van der Waals surface area contributed by atoms with Crippen LogP contribution >= 0.6 is 0 Å². The highest BCUT2D eigenvalue weighted by molar-refractivity contribution is 7.00. The van der Waals surface area contributed by atoms with Crippen molar-refractivity contribution >= 4 is 144 Å². The molecule has 4 heterocycles. The van der Waals surface area contributed by atoms with Gasteiger partial charge >= 0.3 is 0 Å². The van der Waals surface area contributed by atoms with Gasteiger partial charge in [0.05, 0.1) is 33.4 Å². The smallest absolute Gasteiger partial charge is 0.252 e. The van der Waals surface area contributed by atoms with Gasteiger partial charge in [-0.3, -0.25) is 0 Å². The Morgan fingerprint density at radius 1 is 0.211 bits per heavy atom. The summed E-state index contributed by atoms with van der Waals surface area (Å²) < 4.78 is 5.20. The van der Waals surface area contributed by atoms with Crippen molar-refractivity contribution in [3.8, 4) is 78.1 Å². The van der Waals surface area contributed by atoms with Crippen molar-refractivity contribution in [1.82, 2.24) is 9.13 Å². The second kappa shape index (κ2) is 28.0. The molecule has 0 saturated carbocycles. The largest absolute Gasteiger partial charge is 0.310 e. The van der Waals surface area contributed by atoms with Crippen LogP contribution in [0.5, 0.6) is 0 Å². The zero-order valence-corrected chi connectivity index (χ0v) is 70.8. The molecule has 123 heavy (non-hydrogen) atoms. The fourth-order valence-corrected chi connectivity index (χ4v) is 20.5. The van der Waals surface area contributed by atoms with Crippen LogP contribution in [0.1, 0.15) is 79.0 Å². The van der Waals surface area contributed by atoms with Crippen molar-refractivity contribution in [3.63, 3.8) is 0 Å². The number of benzene rings is 19. The van der Waals surface area contributed by atoms with Crippen LogP contribution in [0.4, 0.5) is 34.1 Å². The van der Waals surface area contributed by atoms with Crippen LogP contribution in [-0.2, 0) is 16.2 Å². The number of rotatable bonds is 10. The molecule has 21 aromatic rings. The van der Waals surface area contributed by atoms with Gasteiger partial charge in [-0.1, -0.05) is 366 Å². The van der Waals surface area contributed by atoms with Crippen LogP contribution in [0.15, 0.2) is 388 Å². The van der Waals surface area contributed by atoms with E-state index in [0.717, 1.165) is 101 Å². The van der Waals surface area contributed by atoms with Crippen molar-refractivity contribution < 1.29 is 0 Å². The summed E-state index contributed by atoms with van der Waals surface area (Å²) >= 11 is 0. The van der Waals surface area contributed by atoms with E-state index in [1.54, 1.807) is 0 Å². The molecule has 23 rings (SSSR count). The highest BCUT2D eigenvalue weighted by atomic mass is 15.2. The Balaban J connectivity index is 0.880. The summed E-state index contributed by atoms with van der Waals surface area (Å²) in [6.45, 7) is 21.2. The van der Waals surface area contributed by atoms with E-state index < -0.39 is 0 Å². The number of aromatic nitrogens is 2. The van der Waals surface area contributed by atoms with Gasteiger partial charge in [0.2, 0.25) is 0 Å². The quantitative estimate of drug-likeness (QED) is 0.127. The van der Waals surface area contributed by atoms with Crippen molar-refractivity contribution in [2.75, 3.05) is 9.80 Å². The van der Waals surface area contributed by atoms with Crippen LogP contribution in [0.25, 0.3) is 165 Å². The Morgan fingerprint density at radius 2 is 0.528 bits per heavy atom. The van der Waals surface area contributed by atoms with Crippen LogP contribution in [0.3, 0.4) is 0 Å². The molecular formula is C118H91BN4. The fourth-order valence-electron chi connectivity index (χ4n) is 20.5. The SMILES string of the molecule is CC(C)(C)c1cc(-c2ccccc2)c(N2c3cc(-n4c5ccc(-c6cccc7ccccc67)cc5c5ccc6ccccc6c54)ccc3B3c4ccc(-n5c6ccc(-c7cccc8ccccc78)cc6c6ccc7ccccc7c65)cc4N(c4c(-c5ccccc5)cc(C(C)(C)C)cc4-c4ccccc4)c4cc(C(C)(C)C)cc2c43)c(-c2ccccc2)c1. The van der Waals surface area contributed by atoms with E-state index in [9.17, 15) is 0 Å². The first-order valence-electron chi connectivity index (χ1n) is 43.5. The van der Waals surface area contributed by atoms with Gasteiger partial charge in [-0.05, 0) is 211 Å². The van der Waals surface area contributed by atoms with Gasteiger partial charge in [-0.15, -0.1) is 0 Å². The number of hydrogen-bond acceptors (Lipinski definition) is 2. The Bertz CT molecular complexity index is 7340. The lowest BCUT2D eigenvalue weighted by Crippen LogP contribution is -2.61. The van der Waals surface area contributed by atoms with Crippen molar-refractivity contribution in [2.45, 2.75) is 78.6 Å². The van der Waals surface area contributed by atoms with Crippen molar-refractivity contribution in [1.29, 1.82) is 0 Å². The monoisotopic (exact) mass is 1570 g/mol. The first-order valence-corrected chi connectivity index (χ1v) is 43.5. The van der Waals surface area contributed by atoms with Crippen LogP contribution in [0.2, 0.25) is 0 Å². The second-order valence-electron chi connectivity index (χ2n) is 37.1. The van der Waals surface area contributed by atoms with Gasteiger partial charge < -0.3 is 18.9 Å². The normalized spacial score (nSPS) is 12.9. The molecule has 4 nitrogen and oxygen atoms in total. The van der Waals surface area contributed by atoms with Gasteiger partial charge in [-0.25, -0.2) is 0 Å². The molecule has 0 N–H and O–H groups in total. The molecule has 0 saturated heterocycles. The minimum atomic E-state index is -0.381. The van der Waals surface area contributed by atoms with Crippen LogP contribution in [-0.4, -0.2) is 15.8 Å². The van der Waals surface area contributed by atoms with Crippen LogP contribution in [0, 0.1) is 0 Å². The Kier molecular flexibility index (Phi) is 16.8. The maximum atomic E-state index is 2.76. The minimum absolute atomic E-state index is 0.229. The van der Waals surface area contributed by atoms with E-state index in [1.165, 1.54) is 131 Å². The third-order valence-corrected chi connectivity index (χ3v) is 26.7. The van der Waals surface area contributed by atoms with Crippen molar-refractivity contribution in [3.05, 3.63) is 405 Å². The number of hydrogen-bond donors (Lipinski definition) is 0. The number of nitrogens with zero attached hydrogens (tertiary/aromatic N) is 4. The Morgan fingerprint density at radius 3 is 0.886 bits per heavy atom. The van der Waals surface area contributed by atoms with E-state index in [0.29, 0.717) is 0 Å². The topological polar surface area (TPSA) is 16.3 Å². The molecule has 0 radical (unpaired) electrons. The first kappa shape index (κ1) is 73.6. The standard InChI is InChI=1S/C118H91BN4/c1-116(2,3)84-66-97(76-32-14-10-15-33-76)114(98(67-84)77-34-16-11-17-35-77)122-107-72-87(120-105-62-54-82(91-50-30-44-74-40-22-26-46-89(74)91)64-101(105)95-58-52-80-42-24-28-48-93(80)112(95)120)56-60-103(107)119-104-61-57-88(121-106-63-55-83(92-51-31-45-75-41-23-27-47-90(75)92)65-102(106)96-59-53-81-43-25-29-49-94(81)113(96)121)73-108(104)123(110-71-86(118(7,8)9)70-109(122)111(110)119)115-99(78-36-18-12-19-37-78)68-85(117(4,5)6)69-100(115)79-38-20-13-21-39-79/h10-73H,1-9H3. The van der Waals surface area contributed by atoms with Gasteiger partial charge in [0.1, 0.15) is 0 Å². The molecular weight excluding hydrogens is 1480 g/mol. The van der Waals surface area contributed by atoms with Gasteiger partial charge in [0.15, 0.2) is 0 Å². The summed E-state index contributed by atoms with van der Waals surface area (Å²) in [5.74, 6) is 0. The zero-order chi connectivity index (χ0) is 82.9. The predicted molar refractivity (Wildman–Crippen MR) is 528 cm³/mol. The summed E-state index contributed by atoms with van der Waals surface area (Å²) in [5, 5.41) is 14.5. The summed E-state index contributed by atoms with van der Waals surface area (Å²) in [6.07, 6.45) is 0. The lowest BCUT2D eigenvalue weighted by Gasteiger charge is -2.47. The first-order chi connectivity index (χ1) is 59.9. The molecule has 2 aliphatic rings. The third kappa shape index (κ3) is 11.9. The van der Waals surface area contributed by atoms with Crippen molar-refractivity contribution in [2.24, 2.45) is 0 Å². The molecule has 0 unspecified atom stereocenters. The highest BCUT2D eigenvalue weighted by Crippen LogP contribution is 2.57. The summed E-state index contributed by atoms with van der Waals surface area (Å²) in [6, 6.07) is 148. The highest BCUT2D eigenvalue weighted by Gasteiger charge is 2.47. The summed E-state index contributed by atoms with van der Waals surface area (Å²) in [7, 11) is 0. The van der Waals surface area contributed by atoms with Crippen LogP contribution < -0.4 is 26.2 Å². The molecule has 586 valence electrons. The maximum Gasteiger partial charge on any atom is 0.252 e. The van der Waals surface area contributed by atoms with E-state index >= 15 is 0 Å². The number of anilines is 6. The molecule has 0 atom stereocenters. The van der Waals surface area contributed by atoms with E-state index in [4.69, 9.17) is 0 Å². The average Bonchev–Trinajstić information content (AvgIpc) is 0.867. The Labute approximate surface area is 719 Å². The summed E-state index contributed by atoms with van der Waals surface area (Å²) in [4.78, 5) is 5.52. The van der Waals surface area contributed by atoms with E-state index in [-0.39, 0.29) is 23.0 Å². The van der Waals surface area contributed by atoms with Gasteiger partial charge in [0, 0.05) is 88.7 Å². The molecule has 0 aliphatic carbocycles. The molecule has 2 aliphatic heterocycles. The third-order valence-electron chi connectivity index (χ3n) is 26.7. The molecule has 19 aromatic carbocycles. The summed E-state index contributed by atoms with van der Waals surface area (Å²) in [5.41, 5.74) is 34.2. The second-order valence-corrected chi connectivity index (χ2v) is 37.1. The molecule has 0 spiro atoms. The van der Waals surface area contributed by atoms with E-state index in [2.05, 4.69) is 469 Å². The molecule has 2 aromatic heterocycles. The van der Waals surface area contributed by atoms with Gasteiger partial charge in [-0.2, -0.15) is 0 Å². The van der Waals surface area contributed by atoms with Gasteiger partial charge in [0.25, 0.3) is 6.71 Å². The predicted octanol–water partition coefficient (Wildman–Crippen LogP) is 30.5. The lowest BCUT2D eigenvalue weighted by atomic mass is 9.33. The maximum absolute atomic E-state index is 2.76. The molecule has 0 amide bonds. The lowest BCUT2D eigenvalue weighted by molar-refractivity contribution is 0.590. The molecule has 0 fully saturated rings. The Hall–Kier alpha value is -14.5. The fraction of sp³-hybridized carbons (Fsp3) is 0.102. The number of fused-ring (bicyclic) bond motifs is 16. The van der Waals surface area contributed by atoms with E-state index in [1.807, 2.05) is 0 Å². The average molecular weight is 1580 g/mol.